The van der Waals surface area contributed by atoms with Crippen LogP contribution in [0.1, 0.15) is 27.0 Å². The van der Waals surface area contributed by atoms with E-state index >= 15 is 0 Å². The van der Waals surface area contributed by atoms with Crippen LogP contribution in [0.5, 0.6) is 5.75 Å². The number of carbonyl (C=O) groups is 1. The minimum absolute atomic E-state index is 0.309. The number of ether oxygens (including phenoxy) is 2. The average molecular weight is 428 g/mol. The van der Waals surface area contributed by atoms with E-state index in [4.69, 9.17) is 9.47 Å². The van der Waals surface area contributed by atoms with Crippen molar-refractivity contribution >= 4 is 17.7 Å². The standard InChI is InChI=1S/C20H20N4O5S/c1-13-21-22-20(24(13)16-8-10-17(28-2)11-9-16)30-18(12-23(26)27)14-4-6-15(7-5-14)19(25)29-3/h4-11,18H,12H2,1-3H3/t18-/m1/s1. The summed E-state index contributed by atoms with van der Waals surface area (Å²) in [5.74, 6) is 0.911. The van der Waals surface area contributed by atoms with Crippen LogP contribution in [0.4, 0.5) is 0 Å². The van der Waals surface area contributed by atoms with Gasteiger partial charge in [0.15, 0.2) is 5.16 Å². The highest BCUT2D eigenvalue weighted by Crippen LogP contribution is 2.36. The molecule has 9 nitrogen and oxygen atoms in total. The lowest BCUT2D eigenvalue weighted by atomic mass is 10.1. The highest BCUT2D eigenvalue weighted by Gasteiger charge is 2.24. The van der Waals surface area contributed by atoms with Gasteiger partial charge in [-0.2, -0.15) is 0 Å². The summed E-state index contributed by atoms with van der Waals surface area (Å²) in [5.41, 5.74) is 1.90. The molecule has 1 aromatic heterocycles. The molecule has 1 atom stereocenters. The highest BCUT2D eigenvalue weighted by atomic mass is 32.2. The molecule has 0 unspecified atom stereocenters. The van der Waals surface area contributed by atoms with Crippen LogP contribution in [-0.4, -0.2) is 46.4 Å². The molecule has 0 amide bonds. The van der Waals surface area contributed by atoms with E-state index in [9.17, 15) is 14.9 Å². The first-order valence-corrected chi connectivity index (χ1v) is 9.84. The second kappa shape index (κ2) is 9.40. The molecule has 3 aromatic rings. The molecule has 0 spiro atoms. The Bertz CT molecular complexity index is 1030. The molecule has 0 saturated heterocycles. The van der Waals surface area contributed by atoms with Gasteiger partial charge in [0.1, 0.15) is 16.8 Å². The predicted molar refractivity (Wildman–Crippen MR) is 111 cm³/mol. The van der Waals surface area contributed by atoms with Crippen molar-refractivity contribution in [3.8, 4) is 11.4 Å². The van der Waals surface area contributed by atoms with E-state index in [1.807, 2.05) is 35.8 Å². The maximum Gasteiger partial charge on any atom is 0.337 e. The van der Waals surface area contributed by atoms with E-state index in [2.05, 4.69) is 10.2 Å². The quantitative estimate of drug-likeness (QED) is 0.232. The smallest absolute Gasteiger partial charge is 0.337 e. The number of aromatic nitrogens is 3. The minimum atomic E-state index is -0.521. The number of esters is 1. The number of nitro groups is 1. The molecule has 0 radical (unpaired) electrons. The molecule has 156 valence electrons. The van der Waals surface area contributed by atoms with Crippen LogP contribution in [0.15, 0.2) is 53.7 Å². The van der Waals surface area contributed by atoms with Crippen LogP contribution in [0.3, 0.4) is 0 Å². The van der Waals surface area contributed by atoms with E-state index in [0.29, 0.717) is 22.1 Å². The predicted octanol–water partition coefficient (Wildman–Crippen LogP) is 3.48. The molecular weight excluding hydrogens is 408 g/mol. The molecule has 0 aliphatic rings. The van der Waals surface area contributed by atoms with Crippen molar-refractivity contribution in [3.63, 3.8) is 0 Å². The minimum Gasteiger partial charge on any atom is -0.497 e. The van der Waals surface area contributed by atoms with Gasteiger partial charge in [-0.05, 0) is 48.9 Å². The topological polar surface area (TPSA) is 109 Å². The van der Waals surface area contributed by atoms with Crippen molar-refractivity contribution in [2.45, 2.75) is 17.3 Å². The lowest BCUT2D eigenvalue weighted by Crippen LogP contribution is -2.11. The fourth-order valence-corrected chi connectivity index (χ4v) is 4.05. The van der Waals surface area contributed by atoms with Gasteiger partial charge >= 0.3 is 5.97 Å². The molecule has 10 heteroatoms. The normalized spacial score (nSPS) is 11.7. The van der Waals surface area contributed by atoms with Crippen LogP contribution in [0.2, 0.25) is 0 Å². The van der Waals surface area contributed by atoms with Crippen molar-refractivity contribution in [1.29, 1.82) is 0 Å². The molecule has 1 heterocycles. The summed E-state index contributed by atoms with van der Waals surface area (Å²) in [6, 6.07) is 13.9. The maximum atomic E-state index is 11.6. The number of thioether (sulfide) groups is 1. The van der Waals surface area contributed by atoms with Gasteiger partial charge in [0.05, 0.1) is 19.8 Å². The van der Waals surface area contributed by atoms with Crippen molar-refractivity contribution < 1.29 is 19.2 Å². The molecule has 0 bridgehead atoms. The van der Waals surface area contributed by atoms with Crippen molar-refractivity contribution in [3.05, 3.63) is 75.6 Å². The highest BCUT2D eigenvalue weighted by molar-refractivity contribution is 7.99. The van der Waals surface area contributed by atoms with Crippen LogP contribution in [-0.2, 0) is 4.74 Å². The summed E-state index contributed by atoms with van der Waals surface area (Å²) in [5, 5.41) is 19.6. The number of benzene rings is 2. The largest absolute Gasteiger partial charge is 0.497 e. The second-order valence-corrected chi connectivity index (χ2v) is 7.47. The number of hydrogen-bond donors (Lipinski definition) is 0. The molecule has 0 aliphatic heterocycles. The zero-order valence-electron chi connectivity index (χ0n) is 16.6. The molecule has 0 fully saturated rings. The van der Waals surface area contributed by atoms with Crippen LogP contribution in [0, 0.1) is 17.0 Å². The Morgan fingerprint density at radius 1 is 1.13 bits per heavy atom. The first-order chi connectivity index (χ1) is 14.4. The van der Waals surface area contributed by atoms with Crippen molar-refractivity contribution in [1.82, 2.24) is 14.8 Å². The molecule has 0 saturated carbocycles. The summed E-state index contributed by atoms with van der Waals surface area (Å²) in [6.07, 6.45) is 0. The molecule has 2 aromatic carbocycles. The Morgan fingerprint density at radius 2 is 1.80 bits per heavy atom. The number of rotatable bonds is 8. The lowest BCUT2D eigenvalue weighted by Gasteiger charge is -2.15. The van der Waals surface area contributed by atoms with Gasteiger partial charge in [0.2, 0.25) is 6.54 Å². The summed E-state index contributed by atoms with van der Waals surface area (Å²) in [4.78, 5) is 22.6. The Labute approximate surface area is 177 Å². The fourth-order valence-electron chi connectivity index (χ4n) is 2.87. The molecule has 3 rings (SSSR count). The third-order valence-corrected chi connectivity index (χ3v) is 5.57. The van der Waals surface area contributed by atoms with Crippen molar-refractivity contribution in [2.75, 3.05) is 20.8 Å². The fraction of sp³-hybridized carbons (Fsp3) is 0.250. The summed E-state index contributed by atoms with van der Waals surface area (Å²) in [7, 11) is 2.89. The van der Waals surface area contributed by atoms with E-state index in [1.54, 1.807) is 31.4 Å². The zero-order chi connectivity index (χ0) is 21.7. The lowest BCUT2D eigenvalue weighted by molar-refractivity contribution is -0.479. The number of methoxy groups -OCH3 is 2. The molecule has 0 N–H and O–H groups in total. The second-order valence-electron chi connectivity index (χ2n) is 6.30. The number of aryl methyl sites for hydroxylation is 1. The van der Waals surface area contributed by atoms with E-state index < -0.39 is 11.2 Å². The van der Waals surface area contributed by atoms with Crippen LogP contribution >= 0.6 is 11.8 Å². The van der Waals surface area contributed by atoms with Crippen LogP contribution < -0.4 is 4.74 Å². The number of nitrogens with zero attached hydrogens (tertiary/aromatic N) is 4. The van der Waals surface area contributed by atoms with Gasteiger partial charge in [0, 0.05) is 10.6 Å². The monoisotopic (exact) mass is 428 g/mol. The van der Waals surface area contributed by atoms with E-state index in [-0.39, 0.29) is 11.5 Å². The third-order valence-electron chi connectivity index (χ3n) is 4.39. The van der Waals surface area contributed by atoms with Crippen molar-refractivity contribution in [2.24, 2.45) is 0 Å². The van der Waals surface area contributed by atoms with Gasteiger partial charge in [-0.25, -0.2) is 4.79 Å². The van der Waals surface area contributed by atoms with Gasteiger partial charge in [-0.3, -0.25) is 14.7 Å². The Morgan fingerprint density at radius 3 is 2.37 bits per heavy atom. The summed E-state index contributed by atoms with van der Waals surface area (Å²) in [6.45, 7) is 1.51. The SMILES string of the molecule is COC(=O)c1ccc([C@@H](C[N+](=O)[O-])Sc2nnc(C)n2-c2ccc(OC)cc2)cc1. The Hall–Kier alpha value is -3.40. The van der Waals surface area contributed by atoms with E-state index in [1.165, 1.54) is 18.9 Å². The third kappa shape index (κ3) is 4.77. The summed E-state index contributed by atoms with van der Waals surface area (Å²) >= 11 is 1.24. The number of carbonyl (C=O) groups excluding carboxylic acids is 1. The van der Waals surface area contributed by atoms with E-state index in [0.717, 1.165) is 11.4 Å². The Kier molecular flexibility index (Phi) is 6.68. The molecular formula is C20H20N4O5S. The molecule has 0 aliphatic carbocycles. The first-order valence-electron chi connectivity index (χ1n) is 8.96. The van der Waals surface area contributed by atoms with Gasteiger partial charge in [-0.15, -0.1) is 10.2 Å². The first kappa shape index (κ1) is 21.3. The van der Waals surface area contributed by atoms with Gasteiger partial charge in [0.25, 0.3) is 0 Å². The Balaban J connectivity index is 1.92. The van der Waals surface area contributed by atoms with Gasteiger partial charge in [-0.1, -0.05) is 23.9 Å². The van der Waals surface area contributed by atoms with Gasteiger partial charge < -0.3 is 9.47 Å². The maximum absolute atomic E-state index is 11.6. The zero-order valence-corrected chi connectivity index (χ0v) is 17.5. The molecule has 30 heavy (non-hydrogen) atoms. The van der Waals surface area contributed by atoms with Crippen LogP contribution in [0.25, 0.3) is 5.69 Å². The average Bonchev–Trinajstić information content (AvgIpc) is 3.12. The number of hydrogen-bond acceptors (Lipinski definition) is 8. The summed E-state index contributed by atoms with van der Waals surface area (Å²) < 4.78 is 11.7.